The van der Waals surface area contributed by atoms with E-state index in [0.717, 1.165) is 48.6 Å². The maximum absolute atomic E-state index is 6.38. The van der Waals surface area contributed by atoms with Crippen LogP contribution in [0.3, 0.4) is 0 Å². The second-order valence-corrected chi connectivity index (χ2v) is 9.93. The predicted octanol–water partition coefficient (Wildman–Crippen LogP) is 6.52. The number of nitrogens with zero attached hydrogens (tertiary/aromatic N) is 4. The van der Waals surface area contributed by atoms with Gasteiger partial charge in [0.1, 0.15) is 10.6 Å². The molecule has 1 fully saturated rings. The van der Waals surface area contributed by atoms with E-state index in [0.29, 0.717) is 5.28 Å². The Morgan fingerprint density at radius 1 is 0.938 bits per heavy atom. The molecule has 1 saturated heterocycles. The van der Waals surface area contributed by atoms with Crippen molar-refractivity contribution in [2.75, 3.05) is 36.0 Å². The summed E-state index contributed by atoms with van der Waals surface area (Å²) in [5, 5.41) is 1.45. The number of hydrogen-bond acceptors (Lipinski definition) is 5. The van der Waals surface area contributed by atoms with Gasteiger partial charge in [0.2, 0.25) is 5.28 Å². The molecule has 4 nitrogen and oxygen atoms in total. The molecular formula is C26H27ClN4S. The van der Waals surface area contributed by atoms with Gasteiger partial charge in [-0.3, -0.25) is 0 Å². The van der Waals surface area contributed by atoms with Crippen molar-refractivity contribution >= 4 is 44.7 Å². The minimum absolute atomic E-state index is 0.322. The summed E-state index contributed by atoms with van der Waals surface area (Å²) in [7, 11) is 0. The van der Waals surface area contributed by atoms with Crippen LogP contribution in [0.25, 0.3) is 21.3 Å². The Kier molecular flexibility index (Phi) is 5.78. The lowest BCUT2D eigenvalue weighted by Crippen LogP contribution is -2.47. The lowest BCUT2D eigenvalue weighted by Gasteiger charge is -2.37. The van der Waals surface area contributed by atoms with E-state index >= 15 is 0 Å². The highest BCUT2D eigenvalue weighted by Crippen LogP contribution is 2.42. The van der Waals surface area contributed by atoms with Gasteiger partial charge in [0.15, 0.2) is 0 Å². The summed E-state index contributed by atoms with van der Waals surface area (Å²) >= 11 is 8.08. The lowest BCUT2D eigenvalue weighted by atomic mass is 10.0. The highest BCUT2D eigenvalue weighted by atomic mass is 35.5. The quantitative estimate of drug-likeness (QED) is 0.323. The third kappa shape index (κ3) is 3.96. The SMILES string of the molecule is CCc1ccc(-c2c(C)sc3nc(Cl)nc(N4CCN(c5cccc(C)c5)CC4)c23)cc1. The molecule has 0 N–H and O–H groups in total. The first-order valence-electron chi connectivity index (χ1n) is 11.2. The molecule has 0 amide bonds. The molecule has 5 rings (SSSR count). The molecule has 1 aliphatic heterocycles. The highest BCUT2D eigenvalue weighted by molar-refractivity contribution is 7.19. The molecule has 0 bridgehead atoms. The Hall–Kier alpha value is -2.63. The second kappa shape index (κ2) is 8.72. The van der Waals surface area contributed by atoms with E-state index in [1.165, 1.54) is 32.8 Å². The van der Waals surface area contributed by atoms with Crippen LogP contribution in [0.5, 0.6) is 0 Å². The fourth-order valence-corrected chi connectivity index (χ4v) is 5.81. The maximum Gasteiger partial charge on any atom is 0.225 e. The van der Waals surface area contributed by atoms with Crippen LogP contribution in [-0.2, 0) is 6.42 Å². The normalized spacial score (nSPS) is 14.4. The number of fused-ring (bicyclic) bond motifs is 1. The monoisotopic (exact) mass is 462 g/mol. The van der Waals surface area contributed by atoms with Gasteiger partial charge in [-0.2, -0.15) is 4.98 Å². The number of thiophene rings is 1. The van der Waals surface area contributed by atoms with Gasteiger partial charge in [0, 0.05) is 42.3 Å². The number of anilines is 2. The molecule has 1 aliphatic rings. The Morgan fingerprint density at radius 2 is 1.66 bits per heavy atom. The summed E-state index contributed by atoms with van der Waals surface area (Å²) in [5.41, 5.74) is 6.38. The van der Waals surface area contributed by atoms with E-state index in [-0.39, 0.29) is 0 Å². The number of aromatic nitrogens is 2. The summed E-state index contributed by atoms with van der Waals surface area (Å²) in [6.07, 6.45) is 1.04. The van der Waals surface area contributed by atoms with Gasteiger partial charge in [-0.25, -0.2) is 4.98 Å². The first-order chi connectivity index (χ1) is 15.5. The summed E-state index contributed by atoms with van der Waals surface area (Å²) in [5.74, 6) is 0.961. The highest BCUT2D eigenvalue weighted by Gasteiger charge is 2.25. The van der Waals surface area contributed by atoms with Crippen LogP contribution in [0.15, 0.2) is 48.5 Å². The van der Waals surface area contributed by atoms with E-state index in [2.05, 4.69) is 84.1 Å². The molecule has 2 aromatic carbocycles. The van der Waals surface area contributed by atoms with E-state index in [9.17, 15) is 0 Å². The minimum atomic E-state index is 0.322. The standard InChI is InChI=1S/C26H27ClN4S/c1-4-19-8-10-20(11-9-19)22-18(3)32-25-23(22)24(28-26(27)29-25)31-14-12-30(13-15-31)21-7-5-6-17(2)16-21/h5-11,16H,4,12-15H2,1-3H3. The van der Waals surface area contributed by atoms with Crippen molar-refractivity contribution in [3.8, 4) is 11.1 Å². The van der Waals surface area contributed by atoms with Crippen molar-refractivity contribution in [2.45, 2.75) is 27.2 Å². The smallest absolute Gasteiger partial charge is 0.225 e. The zero-order valence-electron chi connectivity index (χ0n) is 18.7. The Bertz CT molecular complexity index is 1260. The van der Waals surface area contributed by atoms with E-state index in [1.807, 2.05) is 0 Å². The molecule has 3 heterocycles. The summed E-state index contributed by atoms with van der Waals surface area (Å²) in [4.78, 5) is 16.4. The van der Waals surface area contributed by atoms with Gasteiger partial charge in [0.05, 0.1) is 5.39 Å². The topological polar surface area (TPSA) is 32.3 Å². The molecule has 0 unspecified atom stereocenters. The van der Waals surface area contributed by atoms with Crippen molar-refractivity contribution in [3.05, 3.63) is 69.8 Å². The van der Waals surface area contributed by atoms with Crippen LogP contribution < -0.4 is 9.80 Å². The fraction of sp³-hybridized carbons (Fsp3) is 0.308. The molecule has 0 saturated carbocycles. The van der Waals surface area contributed by atoms with E-state index < -0.39 is 0 Å². The molecule has 6 heteroatoms. The molecule has 0 spiro atoms. The van der Waals surface area contributed by atoms with Gasteiger partial charge >= 0.3 is 0 Å². The van der Waals surface area contributed by atoms with Crippen molar-refractivity contribution in [1.29, 1.82) is 0 Å². The van der Waals surface area contributed by atoms with Crippen LogP contribution in [0, 0.1) is 13.8 Å². The maximum atomic E-state index is 6.38. The Balaban J connectivity index is 1.51. The third-order valence-corrected chi connectivity index (χ3v) is 7.45. The van der Waals surface area contributed by atoms with Crippen LogP contribution >= 0.6 is 22.9 Å². The number of benzene rings is 2. The van der Waals surface area contributed by atoms with Gasteiger partial charge in [-0.15, -0.1) is 11.3 Å². The number of aryl methyl sites for hydroxylation is 3. The minimum Gasteiger partial charge on any atom is -0.368 e. The third-order valence-electron chi connectivity index (χ3n) is 6.28. The molecule has 0 radical (unpaired) electrons. The first kappa shape index (κ1) is 21.2. The Morgan fingerprint density at radius 3 is 2.34 bits per heavy atom. The van der Waals surface area contributed by atoms with Crippen molar-refractivity contribution in [2.24, 2.45) is 0 Å². The largest absolute Gasteiger partial charge is 0.368 e. The van der Waals surface area contributed by atoms with Crippen molar-refractivity contribution < 1.29 is 0 Å². The van der Waals surface area contributed by atoms with Crippen LogP contribution in [0.1, 0.15) is 22.9 Å². The van der Waals surface area contributed by atoms with Crippen LogP contribution in [0.2, 0.25) is 5.28 Å². The molecule has 164 valence electrons. The van der Waals surface area contributed by atoms with Gasteiger partial charge in [-0.1, -0.05) is 43.3 Å². The first-order valence-corrected chi connectivity index (χ1v) is 12.4. The van der Waals surface area contributed by atoms with E-state index in [4.69, 9.17) is 16.6 Å². The zero-order chi connectivity index (χ0) is 22.2. The lowest BCUT2D eigenvalue weighted by molar-refractivity contribution is 0.649. The molecule has 0 atom stereocenters. The van der Waals surface area contributed by atoms with Gasteiger partial charge in [-0.05, 0) is 60.7 Å². The number of rotatable bonds is 4. The number of halogens is 1. The summed E-state index contributed by atoms with van der Waals surface area (Å²) < 4.78 is 0. The fourth-order valence-electron chi connectivity index (χ4n) is 4.55. The average Bonchev–Trinajstić information content (AvgIpc) is 3.14. The average molecular weight is 463 g/mol. The summed E-state index contributed by atoms with van der Waals surface area (Å²) in [6, 6.07) is 17.6. The second-order valence-electron chi connectivity index (χ2n) is 8.39. The molecule has 2 aromatic heterocycles. The molecular weight excluding hydrogens is 436 g/mol. The summed E-state index contributed by atoms with van der Waals surface area (Å²) in [6.45, 7) is 10.2. The molecule has 32 heavy (non-hydrogen) atoms. The van der Waals surface area contributed by atoms with Gasteiger partial charge in [0.25, 0.3) is 0 Å². The van der Waals surface area contributed by atoms with Crippen LogP contribution in [-0.4, -0.2) is 36.1 Å². The molecule has 4 aromatic rings. The zero-order valence-corrected chi connectivity index (χ0v) is 20.3. The van der Waals surface area contributed by atoms with Crippen LogP contribution in [0.4, 0.5) is 11.5 Å². The Labute approximate surface area is 198 Å². The van der Waals surface area contributed by atoms with Gasteiger partial charge < -0.3 is 9.80 Å². The molecule has 0 aliphatic carbocycles. The van der Waals surface area contributed by atoms with Crippen molar-refractivity contribution in [1.82, 2.24) is 9.97 Å². The predicted molar refractivity (Wildman–Crippen MR) is 138 cm³/mol. The number of piperazine rings is 1. The van der Waals surface area contributed by atoms with E-state index in [1.54, 1.807) is 11.3 Å². The van der Waals surface area contributed by atoms with Crippen molar-refractivity contribution in [3.63, 3.8) is 0 Å². The number of hydrogen-bond donors (Lipinski definition) is 0.